The van der Waals surface area contributed by atoms with Crippen molar-refractivity contribution in [3.05, 3.63) is 75.1 Å². The van der Waals surface area contributed by atoms with Gasteiger partial charge in [0.05, 0.1) is 16.6 Å². The summed E-state index contributed by atoms with van der Waals surface area (Å²) in [5.41, 5.74) is 2.12. The van der Waals surface area contributed by atoms with Crippen LogP contribution in [0.3, 0.4) is 0 Å². The largest absolute Gasteiger partial charge is 0.310 e. The predicted molar refractivity (Wildman–Crippen MR) is 112 cm³/mol. The number of nitrogens with zero attached hydrogens (tertiary/aromatic N) is 2. The first kappa shape index (κ1) is 18.3. The lowest BCUT2D eigenvalue weighted by atomic mass is 10.2. The van der Waals surface area contributed by atoms with Gasteiger partial charge in [-0.2, -0.15) is 0 Å². The van der Waals surface area contributed by atoms with Crippen molar-refractivity contribution >= 4 is 44.9 Å². The molecule has 0 aliphatic heterocycles. The van der Waals surface area contributed by atoms with Crippen molar-refractivity contribution in [1.29, 1.82) is 0 Å². The van der Waals surface area contributed by atoms with E-state index in [9.17, 15) is 9.59 Å². The van der Waals surface area contributed by atoms with Gasteiger partial charge in [0.1, 0.15) is 5.82 Å². The molecule has 0 saturated heterocycles. The number of anilines is 1. The molecule has 2 N–H and O–H groups in total. The Morgan fingerprint density at radius 2 is 1.89 bits per heavy atom. The third kappa shape index (κ3) is 4.11. The zero-order chi connectivity index (χ0) is 19.5. The van der Waals surface area contributed by atoms with Crippen LogP contribution in [0.5, 0.6) is 0 Å². The standard InChI is InChI=1S/C20H15ClN4O2S/c21-13-7-5-12(6-8-13)16-11-28-20(23-16)25-18(26)10-9-17-22-15-4-2-1-3-14(15)19(27)24-17/h1-8,11H,9-10H2,(H,22,24,27)(H,23,25,26). The fraction of sp³-hybridized carbons (Fsp3) is 0.100. The van der Waals surface area contributed by atoms with Crippen LogP contribution in [-0.2, 0) is 11.2 Å². The molecule has 0 fully saturated rings. The third-order valence-electron chi connectivity index (χ3n) is 4.14. The summed E-state index contributed by atoms with van der Waals surface area (Å²) >= 11 is 7.25. The molecule has 0 aliphatic rings. The molecule has 0 spiro atoms. The highest BCUT2D eigenvalue weighted by atomic mass is 35.5. The highest BCUT2D eigenvalue weighted by molar-refractivity contribution is 7.14. The Bertz CT molecular complexity index is 1200. The van der Waals surface area contributed by atoms with Gasteiger partial charge in [0, 0.05) is 28.8 Å². The molecule has 140 valence electrons. The number of halogens is 1. The van der Waals surface area contributed by atoms with Crippen molar-refractivity contribution in [2.45, 2.75) is 12.8 Å². The third-order valence-corrected chi connectivity index (χ3v) is 5.15. The summed E-state index contributed by atoms with van der Waals surface area (Å²) in [6.07, 6.45) is 0.526. The first-order chi connectivity index (χ1) is 13.6. The number of aromatic nitrogens is 3. The lowest BCUT2D eigenvalue weighted by Gasteiger charge is -2.03. The monoisotopic (exact) mass is 410 g/mol. The van der Waals surface area contributed by atoms with Crippen LogP contribution >= 0.6 is 22.9 Å². The van der Waals surface area contributed by atoms with Crippen LogP contribution in [-0.4, -0.2) is 20.9 Å². The second kappa shape index (κ2) is 7.92. The molecule has 0 aliphatic carbocycles. The molecule has 0 bridgehead atoms. The van der Waals surface area contributed by atoms with Gasteiger partial charge in [-0.05, 0) is 24.3 Å². The number of carbonyl (C=O) groups excluding carboxylic acids is 1. The molecule has 4 aromatic rings. The average Bonchev–Trinajstić information content (AvgIpc) is 3.15. The van der Waals surface area contributed by atoms with Gasteiger partial charge in [-0.25, -0.2) is 9.97 Å². The molecule has 2 aromatic heterocycles. The normalized spacial score (nSPS) is 10.9. The number of para-hydroxylation sites is 1. The van der Waals surface area contributed by atoms with Crippen LogP contribution in [0.4, 0.5) is 5.13 Å². The summed E-state index contributed by atoms with van der Waals surface area (Å²) in [6, 6.07) is 14.5. The number of H-pyrrole nitrogens is 1. The number of nitrogens with one attached hydrogen (secondary N) is 2. The molecule has 2 heterocycles. The van der Waals surface area contributed by atoms with Crippen LogP contribution in [0.25, 0.3) is 22.2 Å². The van der Waals surface area contributed by atoms with Crippen molar-refractivity contribution in [1.82, 2.24) is 15.0 Å². The highest BCUT2D eigenvalue weighted by Gasteiger charge is 2.10. The lowest BCUT2D eigenvalue weighted by molar-refractivity contribution is -0.116. The van der Waals surface area contributed by atoms with E-state index in [1.54, 1.807) is 30.3 Å². The molecule has 0 saturated carbocycles. The second-order valence-corrected chi connectivity index (χ2v) is 7.42. The minimum Gasteiger partial charge on any atom is -0.310 e. The molecule has 0 unspecified atom stereocenters. The van der Waals surface area contributed by atoms with E-state index in [0.717, 1.165) is 11.3 Å². The predicted octanol–water partition coefficient (Wildman–Crippen LogP) is 4.27. The van der Waals surface area contributed by atoms with Crippen molar-refractivity contribution in [3.8, 4) is 11.3 Å². The zero-order valence-corrected chi connectivity index (χ0v) is 16.2. The Hall–Kier alpha value is -3.03. The number of benzene rings is 2. The Morgan fingerprint density at radius 1 is 1.11 bits per heavy atom. The summed E-state index contributed by atoms with van der Waals surface area (Å²) in [5, 5.41) is 6.38. The first-order valence-electron chi connectivity index (χ1n) is 8.58. The maximum atomic E-state index is 12.2. The van der Waals surface area contributed by atoms with Gasteiger partial charge in [0.15, 0.2) is 5.13 Å². The number of hydrogen-bond acceptors (Lipinski definition) is 5. The minimum absolute atomic E-state index is 0.187. The van der Waals surface area contributed by atoms with Gasteiger partial charge >= 0.3 is 0 Å². The number of carbonyl (C=O) groups is 1. The number of aromatic amines is 1. The topological polar surface area (TPSA) is 87.7 Å². The number of aryl methyl sites for hydroxylation is 1. The molecular weight excluding hydrogens is 396 g/mol. The van der Waals surface area contributed by atoms with E-state index >= 15 is 0 Å². The van der Waals surface area contributed by atoms with E-state index in [2.05, 4.69) is 20.3 Å². The number of rotatable bonds is 5. The van der Waals surface area contributed by atoms with Gasteiger partial charge in [-0.3, -0.25) is 9.59 Å². The molecule has 4 rings (SSSR count). The number of thiazole rings is 1. The SMILES string of the molecule is O=C(CCc1nc2ccccc2c(=O)[nH]1)Nc1nc(-c2ccc(Cl)cc2)cs1. The van der Waals surface area contributed by atoms with Crippen LogP contribution in [0.15, 0.2) is 58.7 Å². The molecule has 2 aromatic carbocycles. The van der Waals surface area contributed by atoms with E-state index < -0.39 is 0 Å². The summed E-state index contributed by atoms with van der Waals surface area (Å²) < 4.78 is 0. The summed E-state index contributed by atoms with van der Waals surface area (Å²) in [4.78, 5) is 35.9. The molecule has 8 heteroatoms. The first-order valence-corrected chi connectivity index (χ1v) is 9.83. The Balaban J connectivity index is 1.40. The van der Waals surface area contributed by atoms with E-state index in [4.69, 9.17) is 11.6 Å². The summed E-state index contributed by atoms with van der Waals surface area (Å²) in [6.45, 7) is 0. The van der Waals surface area contributed by atoms with E-state index in [0.29, 0.717) is 33.3 Å². The Kier molecular flexibility index (Phi) is 5.18. The fourth-order valence-electron chi connectivity index (χ4n) is 2.75. The van der Waals surface area contributed by atoms with E-state index in [1.807, 2.05) is 23.6 Å². The molecule has 6 nitrogen and oxygen atoms in total. The molecule has 0 radical (unpaired) electrons. The summed E-state index contributed by atoms with van der Waals surface area (Å²) in [5.74, 6) is 0.299. The second-order valence-electron chi connectivity index (χ2n) is 6.12. The maximum absolute atomic E-state index is 12.2. The molecule has 0 atom stereocenters. The smallest absolute Gasteiger partial charge is 0.258 e. The van der Waals surface area contributed by atoms with Crippen LogP contribution in [0.1, 0.15) is 12.2 Å². The van der Waals surface area contributed by atoms with Crippen molar-refractivity contribution in [3.63, 3.8) is 0 Å². The molecular formula is C20H15ClN4O2S. The number of amides is 1. The molecule has 28 heavy (non-hydrogen) atoms. The van der Waals surface area contributed by atoms with Crippen molar-refractivity contribution < 1.29 is 4.79 Å². The summed E-state index contributed by atoms with van der Waals surface area (Å²) in [7, 11) is 0. The number of hydrogen-bond donors (Lipinski definition) is 2. The molecule has 1 amide bonds. The fourth-order valence-corrected chi connectivity index (χ4v) is 3.61. The number of fused-ring (bicyclic) bond motifs is 1. The zero-order valence-electron chi connectivity index (χ0n) is 14.6. The van der Waals surface area contributed by atoms with E-state index in [-0.39, 0.29) is 17.9 Å². The van der Waals surface area contributed by atoms with Crippen LogP contribution in [0, 0.1) is 0 Å². The van der Waals surface area contributed by atoms with Crippen LogP contribution < -0.4 is 10.9 Å². The van der Waals surface area contributed by atoms with Crippen LogP contribution in [0.2, 0.25) is 5.02 Å². The maximum Gasteiger partial charge on any atom is 0.258 e. The van der Waals surface area contributed by atoms with Gasteiger partial charge in [0.2, 0.25) is 5.91 Å². The van der Waals surface area contributed by atoms with Gasteiger partial charge in [-0.15, -0.1) is 11.3 Å². The minimum atomic E-state index is -0.200. The van der Waals surface area contributed by atoms with Crippen molar-refractivity contribution in [2.24, 2.45) is 0 Å². The van der Waals surface area contributed by atoms with Crippen molar-refractivity contribution in [2.75, 3.05) is 5.32 Å². The quantitative estimate of drug-likeness (QED) is 0.514. The average molecular weight is 411 g/mol. The highest BCUT2D eigenvalue weighted by Crippen LogP contribution is 2.26. The van der Waals surface area contributed by atoms with Gasteiger partial charge in [-0.1, -0.05) is 35.9 Å². The van der Waals surface area contributed by atoms with E-state index in [1.165, 1.54) is 11.3 Å². The van der Waals surface area contributed by atoms with Gasteiger partial charge < -0.3 is 10.3 Å². The lowest BCUT2D eigenvalue weighted by Crippen LogP contribution is -2.16. The Morgan fingerprint density at radius 3 is 2.71 bits per heavy atom. The Labute approximate surface area is 169 Å². The van der Waals surface area contributed by atoms with Gasteiger partial charge in [0.25, 0.3) is 5.56 Å².